The van der Waals surface area contributed by atoms with Gasteiger partial charge in [0.1, 0.15) is 32.8 Å². The number of unbranched alkanes of at least 4 members (excludes halogenated alkanes) is 19. The zero-order valence-corrected chi connectivity index (χ0v) is 28.3. The van der Waals surface area contributed by atoms with E-state index in [9.17, 15) is 4.79 Å². The first-order chi connectivity index (χ1) is 20.3. The molecule has 1 amide bonds. The van der Waals surface area contributed by atoms with E-state index >= 15 is 0 Å². The lowest BCUT2D eigenvalue weighted by Gasteiger charge is -2.26. The monoisotopic (exact) mass is 594 g/mol. The lowest BCUT2D eigenvalue weighted by Crippen LogP contribution is -2.43. The van der Waals surface area contributed by atoms with Gasteiger partial charge in [-0.15, -0.1) is 0 Å². The van der Waals surface area contributed by atoms with Crippen molar-refractivity contribution in [1.82, 2.24) is 5.32 Å². The molecule has 1 aliphatic rings. The summed E-state index contributed by atoms with van der Waals surface area (Å²) in [6.45, 7) is 11.2. The summed E-state index contributed by atoms with van der Waals surface area (Å²) in [6.07, 6.45) is 26.2. The molecule has 1 aliphatic heterocycles. The fourth-order valence-corrected chi connectivity index (χ4v) is 5.68. The molecule has 0 aromatic heterocycles. The predicted molar refractivity (Wildman–Crippen MR) is 176 cm³/mol. The van der Waals surface area contributed by atoms with E-state index in [0.29, 0.717) is 13.2 Å². The molecular formula is C35H68BNO5. The number of ether oxygens (including phenoxy) is 4. The molecule has 2 unspecified atom stereocenters. The first kappa shape index (κ1) is 39.4. The molecule has 0 aromatic rings. The van der Waals surface area contributed by atoms with E-state index in [0.717, 1.165) is 12.8 Å². The minimum atomic E-state index is -0.601. The first-order valence-electron chi connectivity index (χ1n) is 17.9. The second kappa shape index (κ2) is 26.7. The third kappa shape index (κ3) is 21.1. The maximum atomic E-state index is 12.4. The molecule has 0 aromatic carbocycles. The summed E-state index contributed by atoms with van der Waals surface area (Å²) in [5.41, 5.74) is 0. The normalized spacial score (nSPS) is 20.6. The predicted octanol–water partition coefficient (Wildman–Crippen LogP) is 8.42. The van der Waals surface area contributed by atoms with Gasteiger partial charge in [0.15, 0.2) is 0 Å². The number of carbonyl (C=O) groups excluding carboxylic acids is 1. The van der Waals surface area contributed by atoms with E-state index < -0.39 is 18.2 Å². The summed E-state index contributed by atoms with van der Waals surface area (Å²) >= 11 is 0. The fraction of sp³-hybridized carbons (Fsp3) is 0.971. The average molecular weight is 594 g/mol. The topological polar surface area (TPSA) is 66.0 Å². The minimum absolute atomic E-state index is 0.0199. The Balaban J connectivity index is 1.96. The van der Waals surface area contributed by atoms with Crippen LogP contribution in [0.3, 0.4) is 0 Å². The standard InChI is InChI=1S/C35H68BNO5/c1-6-7-8-9-10-11-12-13-14-15-16-17-18-19-20-21-22-23-24-25-26-37-32(38)28-40-33-31(27-39-29(2)3)42-35(36)34(33)41-30(4)5/h29-31,33-35H,6-28H2,1-5H3,(H,37,38)/t31-,33?,34?,35-/m1/s1. The number of nitrogens with one attached hydrogen (secondary N) is 1. The van der Waals surface area contributed by atoms with Crippen LogP contribution < -0.4 is 5.32 Å². The Morgan fingerprint density at radius 2 is 1.14 bits per heavy atom. The van der Waals surface area contributed by atoms with Gasteiger partial charge in [-0.25, -0.2) is 0 Å². The smallest absolute Gasteiger partial charge is 0.246 e. The maximum Gasteiger partial charge on any atom is 0.246 e. The van der Waals surface area contributed by atoms with Crippen LogP contribution in [0.5, 0.6) is 0 Å². The molecule has 1 saturated heterocycles. The van der Waals surface area contributed by atoms with Crippen molar-refractivity contribution in [1.29, 1.82) is 0 Å². The summed E-state index contributed by atoms with van der Waals surface area (Å²) in [5, 5.41) is 2.99. The van der Waals surface area contributed by atoms with Crippen molar-refractivity contribution in [2.24, 2.45) is 0 Å². The highest BCUT2D eigenvalue weighted by Gasteiger charge is 2.44. The van der Waals surface area contributed by atoms with Crippen LogP contribution in [0.25, 0.3) is 0 Å². The largest absolute Gasteiger partial charge is 0.377 e. The van der Waals surface area contributed by atoms with Crippen LogP contribution in [-0.4, -0.2) is 70.0 Å². The van der Waals surface area contributed by atoms with Crippen molar-refractivity contribution < 1.29 is 23.7 Å². The molecule has 2 radical (unpaired) electrons. The van der Waals surface area contributed by atoms with Gasteiger partial charge in [-0.05, 0) is 34.1 Å². The highest BCUT2D eigenvalue weighted by molar-refractivity contribution is 6.11. The summed E-state index contributed by atoms with van der Waals surface area (Å²) in [6, 6.07) is -0.601. The van der Waals surface area contributed by atoms with E-state index in [4.69, 9.17) is 26.8 Å². The van der Waals surface area contributed by atoms with Crippen molar-refractivity contribution in [3.63, 3.8) is 0 Å². The molecular weight excluding hydrogens is 525 g/mol. The lowest BCUT2D eigenvalue weighted by molar-refractivity contribution is -0.135. The second-order valence-corrected chi connectivity index (χ2v) is 13.0. The van der Waals surface area contributed by atoms with Gasteiger partial charge in [-0.1, -0.05) is 129 Å². The quantitative estimate of drug-likeness (QED) is 0.0697. The van der Waals surface area contributed by atoms with E-state index in [1.165, 1.54) is 116 Å². The lowest BCUT2D eigenvalue weighted by atomic mass is 9.92. The number of hydrogen-bond acceptors (Lipinski definition) is 5. The van der Waals surface area contributed by atoms with Crippen LogP contribution in [0.2, 0.25) is 0 Å². The highest BCUT2D eigenvalue weighted by atomic mass is 16.6. The molecule has 1 fully saturated rings. The van der Waals surface area contributed by atoms with Gasteiger partial charge in [0.05, 0.1) is 18.8 Å². The van der Waals surface area contributed by atoms with Gasteiger partial charge in [0.2, 0.25) is 5.91 Å². The summed E-state index contributed by atoms with van der Waals surface area (Å²) in [7, 11) is 6.16. The molecule has 246 valence electrons. The molecule has 0 saturated carbocycles. The molecule has 1 N–H and O–H groups in total. The molecule has 1 heterocycles. The van der Waals surface area contributed by atoms with Crippen LogP contribution >= 0.6 is 0 Å². The van der Waals surface area contributed by atoms with Crippen LogP contribution in [0.15, 0.2) is 0 Å². The number of rotatable bonds is 29. The molecule has 6 nitrogen and oxygen atoms in total. The van der Waals surface area contributed by atoms with Gasteiger partial charge in [-0.2, -0.15) is 0 Å². The zero-order chi connectivity index (χ0) is 30.8. The Hall–Kier alpha value is -0.625. The molecule has 0 bridgehead atoms. The Morgan fingerprint density at radius 3 is 1.57 bits per heavy atom. The van der Waals surface area contributed by atoms with Gasteiger partial charge in [0.25, 0.3) is 0 Å². The van der Waals surface area contributed by atoms with Crippen molar-refractivity contribution in [2.45, 2.75) is 200 Å². The van der Waals surface area contributed by atoms with E-state index in [-0.39, 0.29) is 30.8 Å². The third-order valence-electron chi connectivity index (χ3n) is 8.13. The Bertz CT molecular complexity index is 620. The highest BCUT2D eigenvalue weighted by Crippen LogP contribution is 2.27. The number of carbonyl (C=O) groups is 1. The third-order valence-corrected chi connectivity index (χ3v) is 8.13. The van der Waals surface area contributed by atoms with Crippen LogP contribution in [0.4, 0.5) is 0 Å². The summed E-state index contributed by atoms with van der Waals surface area (Å²) in [4.78, 5) is 12.4. The zero-order valence-electron chi connectivity index (χ0n) is 28.3. The number of hydrogen-bond donors (Lipinski definition) is 1. The van der Waals surface area contributed by atoms with Crippen LogP contribution in [0.1, 0.15) is 163 Å². The van der Waals surface area contributed by atoms with Crippen LogP contribution in [-0.2, 0) is 23.7 Å². The van der Waals surface area contributed by atoms with E-state index in [1.54, 1.807) is 0 Å². The van der Waals surface area contributed by atoms with Crippen molar-refractivity contribution in [3.05, 3.63) is 0 Å². The van der Waals surface area contributed by atoms with Gasteiger partial charge in [0, 0.05) is 12.5 Å². The Morgan fingerprint density at radius 1 is 0.690 bits per heavy atom. The Labute approximate surface area is 261 Å². The minimum Gasteiger partial charge on any atom is -0.377 e. The number of amides is 1. The SMILES string of the molecule is [B][C@@H]1O[C@H](COC(C)C)C(OCC(=O)NCCCCCCCCCCCCCCCCCCCCCC)C1OC(C)C. The maximum absolute atomic E-state index is 12.4. The molecule has 7 heteroatoms. The Kier molecular flexibility index (Phi) is 25.1. The average Bonchev–Trinajstić information content (AvgIpc) is 3.24. The van der Waals surface area contributed by atoms with Crippen molar-refractivity contribution >= 4 is 13.8 Å². The summed E-state index contributed by atoms with van der Waals surface area (Å²) < 4.78 is 23.5. The fourth-order valence-electron chi connectivity index (χ4n) is 5.68. The van der Waals surface area contributed by atoms with Gasteiger partial charge >= 0.3 is 0 Å². The van der Waals surface area contributed by atoms with E-state index in [1.807, 2.05) is 27.7 Å². The molecule has 4 atom stereocenters. The van der Waals surface area contributed by atoms with Crippen molar-refractivity contribution in [3.8, 4) is 0 Å². The molecule has 42 heavy (non-hydrogen) atoms. The summed E-state index contributed by atoms with van der Waals surface area (Å²) in [5.74, 6) is -0.111. The second-order valence-electron chi connectivity index (χ2n) is 13.0. The first-order valence-corrected chi connectivity index (χ1v) is 17.9. The van der Waals surface area contributed by atoms with Gasteiger partial charge in [-0.3, -0.25) is 4.79 Å². The molecule has 1 rings (SSSR count). The van der Waals surface area contributed by atoms with Crippen LogP contribution in [0, 0.1) is 0 Å². The molecule has 0 aliphatic carbocycles. The van der Waals surface area contributed by atoms with Gasteiger partial charge < -0.3 is 24.3 Å². The molecule has 0 spiro atoms. The van der Waals surface area contributed by atoms with Crippen molar-refractivity contribution in [2.75, 3.05) is 19.8 Å². The van der Waals surface area contributed by atoms with E-state index in [2.05, 4.69) is 12.2 Å².